The molecule has 0 spiro atoms. The second kappa shape index (κ2) is 6.92. The maximum Gasteiger partial charge on any atom is 0.150 e. The summed E-state index contributed by atoms with van der Waals surface area (Å²) in [4.78, 5) is 0. The van der Waals surface area contributed by atoms with Crippen molar-refractivity contribution in [3.63, 3.8) is 0 Å². The Morgan fingerprint density at radius 3 is 2.81 bits per heavy atom. The zero-order chi connectivity index (χ0) is 15.5. The van der Waals surface area contributed by atoms with Gasteiger partial charge in [-0.3, -0.25) is 4.68 Å². The Hall–Kier alpha value is -0.880. The summed E-state index contributed by atoms with van der Waals surface area (Å²) in [6.45, 7) is 8.01. The number of hydrogen-bond acceptors (Lipinski definition) is 4. The van der Waals surface area contributed by atoms with Crippen LogP contribution >= 0.6 is 0 Å². The number of sulfone groups is 1. The van der Waals surface area contributed by atoms with E-state index >= 15 is 0 Å². The summed E-state index contributed by atoms with van der Waals surface area (Å²) in [5, 5.41) is 8.04. The van der Waals surface area contributed by atoms with E-state index in [-0.39, 0.29) is 12.0 Å². The Bertz CT molecular complexity index is 565. The minimum absolute atomic E-state index is 0.224. The van der Waals surface area contributed by atoms with Crippen LogP contribution in [0, 0.1) is 12.8 Å². The topological polar surface area (TPSA) is 64.0 Å². The normalized spacial score (nSPS) is 22.5. The molecule has 0 amide bonds. The molecule has 2 rings (SSSR count). The number of aryl methyl sites for hydroxylation is 2. The molecule has 0 aromatic carbocycles. The average Bonchev–Trinajstić information content (AvgIpc) is 2.96. The molecule has 1 fully saturated rings. The van der Waals surface area contributed by atoms with Gasteiger partial charge >= 0.3 is 0 Å². The summed E-state index contributed by atoms with van der Waals surface area (Å²) in [5.41, 5.74) is 2.23. The van der Waals surface area contributed by atoms with Crippen molar-refractivity contribution in [3.8, 4) is 0 Å². The highest BCUT2D eigenvalue weighted by Gasteiger charge is 2.33. The van der Waals surface area contributed by atoms with Gasteiger partial charge in [0.15, 0.2) is 9.84 Å². The van der Waals surface area contributed by atoms with Crippen molar-refractivity contribution >= 4 is 9.84 Å². The van der Waals surface area contributed by atoms with Crippen LogP contribution in [0.3, 0.4) is 0 Å². The molecule has 5 nitrogen and oxygen atoms in total. The highest BCUT2D eigenvalue weighted by Crippen LogP contribution is 2.24. The number of aromatic nitrogens is 2. The van der Waals surface area contributed by atoms with Crippen LogP contribution in [0.1, 0.15) is 38.1 Å². The Balaban J connectivity index is 2.12. The lowest BCUT2D eigenvalue weighted by Crippen LogP contribution is -2.39. The van der Waals surface area contributed by atoms with Gasteiger partial charge in [-0.1, -0.05) is 6.92 Å². The zero-order valence-corrected chi connectivity index (χ0v) is 14.1. The number of hydrogen-bond donors (Lipinski definition) is 1. The minimum Gasteiger partial charge on any atom is -0.313 e. The number of rotatable bonds is 7. The van der Waals surface area contributed by atoms with Gasteiger partial charge in [0.25, 0.3) is 0 Å². The highest BCUT2D eigenvalue weighted by atomic mass is 32.2. The van der Waals surface area contributed by atoms with Gasteiger partial charge in [0, 0.05) is 24.7 Å². The van der Waals surface area contributed by atoms with Gasteiger partial charge in [-0.25, -0.2) is 8.42 Å². The molecular weight excluding hydrogens is 286 g/mol. The lowest BCUT2D eigenvalue weighted by atomic mass is 9.94. The molecule has 1 aromatic heterocycles. The van der Waals surface area contributed by atoms with Gasteiger partial charge in [-0.2, -0.15) is 5.10 Å². The summed E-state index contributed by atoms with van der Waals surface area (Å²) in [6, 6.07) is 2.34. The van der Waals surface area contributed by atoms with E-state index in [9.17, 15) is 8.42 Å². The fourth-order valence-corrected chi connectivity index (χ4v) is 5.02. The first-order valence-corrected chi connectivity index (χ1v) is 9.74. The van der Waals surface area contributed by atoms with E-state index in [0.29, 0.717) is 11.5 Å². The van der Waals surface area contributed by atoms with Crippen molar-refractivity contribution in [2.75, 3.05) is 18.1 Å². The molecule has 2 unspecified atom stereocenters. The summed E-state index contributed by atoms with van der Waals surface area (Å²) in [6.07, 6.45) is 2.69. The van der Waals surface area contributed by atoms with Crippen LogP contribution in [-0.2, 0) is 22.8 Å². The zero-order valence-electron chi connectivity index (χ0n) is 13.3. The summed E-state index contributed by atoms with van der Waals surface area (Å²) in [7, 11) is -2.83. The maximum absolute atomic E-state index is 11.8. The molecular formula is C15H27N3O2S. The van der Waals surface area contributed by atoms with Crippen molar-refractivity contribution in [2.45, 2.75) is 52.6 Å². The van der Waals surface area contributed by atoms with E-state index in [0.717, 1.165) is 38.0 Å². The largest absolute Gasteiger partial charge is 0.313 e. The molecule has 120 valence electrons. The average molecular weight is 313 g/mol. The van der Waals surface area contributed by atoms with Crippen molar-refractivity contribution < 1.29 is 8.42 Å². The standard InChI is InChI=1S/C15H27N3O2S/c1-4-7-16-15(13-6-8-21(19,20)11-13)10-14-9-12(3)17-18(14)5-2/h9,13,15-16H,4-8,10-11H2,1-3H3. The van der Waals surface area contributed by atoms with Crippen molar-refractivity contribution in [2.24, 2.45) is 5.92 Å². The highest BCUT2D eigenvalue weighted by molar-refractivity contribution is 7.91. The smallest absolute Gasteiger partial charge is 0.150 e. The van der Waals surface area contributed by atoms with Crippen LogP contribution in [0.5, 0.6) is 0 Å². The SMILES string of the molecule is CCCNC(Cc1cc(C)nn1CC)C1CCS(=O)(=O)C1. The summed E-state index contributed by atoms with van der Waals surface area (Å²) < 4.78 is 25.5. The van der Waals surface area contributed by atoms with Gasteiger partial charge in [-0.05, 0) is 45.2 Å². The monoisotopic (exact) mass is 313 g/mol. The summed E-state index contributed by atoms with van der Waals surface area (Å²) >= 11 is 0. The predicted molar refractivity (Wildman–Crippen MR) is 85.2 cm³/mol. The Kier molecular flexibility index (Phi) is 5.43. The molecule has 2 atom stereocenters. The third kappa shape index (κ3) is 4.30. The molecule has 21 heavy (non-hydrogen) atoms. The minimum atomic E-state index is -2.83. The molecule has 1 aliphatic rings. The van der Waals surface area contributed by atoms with Gasteiger partial charge in [0.1, 0.15) is 0 Å². The van der Waals surface area contributed by atoms with Crippen LogP contribution in [-0.4, -0.2) is 42.3 Å². The van der Waals surface area contributed by atoms with Gasteiger partial charge < -0.3 is 5.32 Å². The second-order valence-corrected chi connectivity index (χ2v) is 8.25. The number of nitrogens with zero attached hydrogens (tertiary/aromatic N) is 2. The van der Waals surface area contributed by atoms with Gasteiger partial charge in [-0.15, -0.1) is 0 Å². The van der Waals surface area contributed by atoms with Crippen LogP contribution in [0.4, 0.5) is 0 Å². The number of nitrogens with one attached hydrogen (secondary N) is 1. The molecule has 6 heteroatoms. The van der Waals surface area contributed by atoms with Crippen LogP contribution in [0.2, 0.25) is 0 Å². The molecule has 1 N–H and O–H groups in total. The quantitative estimate of drug-likeness (QED) is 0.830. The van der Waals surface area contributed by atoms with Crippen molar-refractivity contribution in [1.82, 2.24) is 15.1 Å². The van der Waals surface area contributed by atoms with E-state index in [4.69, 9.17) is 0 Å². The maximum atomic E-state index is 11.8. The van der Waals surface area contributed by atoms with Crippen LogP contribution in [0.15, 0.2) is 6.07 Å². The Labute approximate surface area is 128 Å². The van der Waals surface area contributed by atoms with E-state index in [2.05, 4.69) is 30.3 Å². The van der Waals surface area contributed by atoms with Crippen LogP contribution in [0.25, 0.3) is 0 Å². The third-order valence-corrected chi connectivity index (χ3v) is 6.00. The molecule has 2 heterocycles. The van der Waals surface area contributed by atoms with Gasteiger partial charge in [0.05, 0.1) is 17.2 Å². The van der Waals surface area contributed by atoms with E-state index in [1.807, 2.05) is 11.6 Å². The Morgan fingerprint density at radius 2 is 2.24 bits per heavy atom. The van der Waals surface area contributed by atoms with Crippen molar-refractivity contribution in [1.29, 1.82) is 0 Å². The lowest BCUT2D eigenvalue weighted by Gasteiger charge is -2.24. The molecule has 1 aliphatic heterocycles. The second-order valence-electron chi connectivity index (χ2n) is 6.02. The van der Waals surface area contributed by atoms with Crippen LogP contribution < -0.4 is 5.32 Å². The van der Waals surface area contributed by atoms with E-state index in [1.54, 1.807) is 0 Å². The fourth-order valence-electron chi connectivity index (χ4n) is 3.14. The predicted octanol–water partition coefficient (Wildman–Crippen LogP) is 1.56. The molecule has 0 bridgehead atoms. The van der Waals surface area contributed by atoms with Crippen molar-refractivity contribution in [3.05, 3.63) is 17.5 Å². The fraction of sp³-hybridized carbons (Fsp3) is 0.800. The molecule has 0 radical (unpaired) electrons. The molecule has 1 saturated heterocycles. The third-order valence-electron chi connectivity index (χ3n) is 4.21. The van der Waals surface area contributed by atoms with E-state index in [1.165, 1.54) is 5.69 Å². The first-order chi connectivity index (χ1) is 9.95. The van der Waals surface area contributed by atoms with E-state index < -0.39 is 9.84 Å². The first kappa shape index (κ1) is 16.5. The van der Waals surface area contributed by atoms with Gasteiger partial charge in [0.2, 0.25) is 0 Å². The Morgan fingerprint density at radius 1 is 1.48 bits per heavy atom. The summed E-state index contributed by atoms with van der Waals surface area (Å²) in [5.74, 6) is 0.892. The molecule has 0 saturated carbocycles. The lowest BCUT2D eigenvalue weighted by molar-refractivity contribution is 0.371. The first-order valence-electron chi connectivity index (χ1n) is 7.92. The molecule has 1 aromatic rings. The molecule has 0 aliphatic carbocycles.